The lowest BCUT2D eigenvalue weighted by Crippen LogP contribution is -2.22. The molecule has 0 radical (unpaired) electrons. The third kappa shape index (κ3) is 3.39. The Bertz CT molecular complexity index is 554. The summed E-state index contributed by atoms with van der Waals surface area (Å²) in [5, 5.41) is 18.4. The monoisotopic (exact) mass is 293 g/mol. The molecule has 0 amide bonds. The van der Waals surface area contributed by atoms with E-state index >= 15 is 0 Å². The van der Waals surface area contributed by atoms with Gasteiger partial charge in [-0.25, -0.2) is 0 Å². The van der Waals surface area contributed by atoms with Crippen molar-refractivity contribution < 1.29 is 5.11 Å². The van der Waals surface area contributed by atoms with E-state index in [4.69, 9.17) is 11.6 Å². The molecule has 0 spiro atoms. The number of benzene rings is 1. The second kappa shape index (κ2) is 6.88. The molecule has 20 heavy (non-hydrogen) atoms. The van der Waals surface area contributed by atoms with Crippen LogP contribution >= 0.6 is 11.6 Å². The van der Waals surface area contributed by atoms with Crippen LogP contribution in [0.5, 0.6) is 0 Å². The lowest BCUT2D eigenvalue weighted by atomic mass is 10.1. The summed E-state index contributed by atoms with van der Waals surface area (Å²) >= 11 is 6.24. The van der Waals surface area contributed by atoms with Crippen molar-refractivity contribution in [3.8, 4) is 0 Å². The van der Waals surface area contributed by atoms with Gasteiger partial charge in [-0.2, -0.15) is 5.10 Å². The Morgan fingerprint density at radius 3 is 2.70 bits per heavy atom. The van der Waals surface area contributed by atoms with Crippen molar-refractivity contribution in [2.75, 3.05) is 6.54 Å². The zero-order chi connectivity index (χ0) is 14.5. The first-order chi connectivity index (χ1) is 9.63. The number of hydrogen-bond donors (Lipinski definition) is 2. The van der Waals surface area contributed by atoms with Crippen molar-refractivity contribution in [3.63, 3.8) is 0 Å². The first kappa shape index (κ1) is 15.0. The van der Waals surface area contributed by atoms with Crippen LogP contribution in [0.3, 0.4) is 0 Å². The van der Waals surface area contributed by atoms with Crippen LogP contribution in [0.4, 0.5) is 0 Å². The Morgan fingerprint density at radius 2 is 2.05 bits per heavy atom. The molecule has 1 atom stereocenters. The molecule has 2 aromatic rings. The number of aryl methyl sites for hydroxylation is 2. The highest BCUT2D eigenvalue weighted by molar-refractivity contribution is 6.31. The van der Waals surface area contributed by atoms with Gasteiger partial charge in [-0.3, -0.25) is 4.68 Å². The van der Waals surface area contributed by atoms with Gasteiger partial charge < -0.3 is 10.4 Å². The molecule has 0 saturated carbocycles. The molecule has 0 saturated heterocycles. The van der Waals surface area contributed by atoms with E-state index in [0.717, 1.165) is 23.5 Å². The minimum Gasteiger partial charge on any atom is -0.387 e. The first-order valence-corrected chi connectivity index (χ1v) is 7.16. The van der Waals surface area contributed by atoms with Crippen molar-refractivity contribution in [1.29, 1.82) is 0 Å². The summed E-state index contributed by atoms with van der Waals surface area (Å²) in [5.41, 5.74) is 2.71. The fraction of sp³-hybridized carbons (Fsp3) is 0.400. The quantitative estimate of drug-likeness (QED) is 0.861. The predicted octanol–water partition coefficient (Wildman–Crippen LogP) is 2.69. The fourth-order valence-electron chi connectivity index (χ4n) is 2.16. The Balaban J connectivity index is 1.93. The molecule has 2 rings (SSSR count). The summed E-state index contributed by atoms with van der Waals surface area (Å²) < 4.78 is 1.89. The van der Waals surface area contributed by atoms with Gasteiger partial charge in [0.2, 0.25) is 0 Å². The van der Waals surface area contributed by atoms with Crippen LogP contribution in [0.25, 0.3) is 0 Å². The van der Waals surface area contributed by atoms with Crippen molar-refractivity contribution in [1.82, 2.24) is 15.1 Å². The predicted molar refractivity (Wildman–Crippen MR) is 80.8 cm³/mol. The van der Waals surface area contributed by atoms with Gasteiger partial charge in [0.05, 0.1) is 22.5 Å². The minimum absolute atomic E-state index is 0.480. The summed E-state index contributed by atoms with van der Waals surface area (Å²) in [6.07, 6.45) is -0.519. The van der Waals surface area contributed by atoms with Crippen molar-refractivity contribution in [2.45, 2.75) is 33.0 Å². The Labute approximate surface area is 124 Å². The van der Waals surface area contributed by atoms with E-state index in [0.29, 0.717) is 18.1 Å². The van der Waals surface area contributed by atoms with Gasteiger partial charge >= 0.3 is 0 Å². The molecule has 1 unspecified atom stereocenters. The fourth-order valence-corrected chi connectivity index (χ4v) is 2.36. The molecule has 0 aliphatic carbocycles. The van der Waals surface area contributed by atoms with E-state index in [9.17, 15) is 5.11 Å². The second-order valence-corrected chi connectivity index (χ2v) is 5.10. The minimum atomic E-state index is -0.519. The number of hydrogen-bond acceptors (Lipinski definition) is 3. The molecule has 5 heteroatoms. The number of aliphatic hydroxyl groups is 1. The average molecular weight is 294 g/mol. The summed E-state index contributed by atoms with van der Waals surface area (Å²) in [6, 6.07) is 9.61. The molecule has 0 aliphatic heterocycles. The smallest absolute Gasteiger partial charge is 0.0914 e. The van der Waals surface area contributed by atoms with E-state index in [1.54, 1.807) is 0 Å². The van der Waals surface area contributed by atoms with Crippen LogP contribution < -0.4 is 5.32 Å². The summed E-state index contributed by atoms with van der Waals surface area (Å²) in [4.78, 5) is 0. The van der Waals surface area contributed by atoms with Crippen molar-refractivity contribution in [3.05, 3.63) is 52.3 Å². The second-order valence-electron chi connectivity index (χ2n) is 4.72. The lowest BCUT2D eigenvalue weighted by molar-refractivity contribution is 0.174. The van der Waals surface area contributed by atoms with Gasteiger partial charge in [0.1, 0.15) is 0 Å². The van der Waals surface area contributed by atoms with Gasteiger partial charge in [0, 0.05) is 19.6 Å². The molecular weight excluding hydrogens is 274 g/mol. The van der Waals surface area contributed by atoms with Crippen LogP contribution in [0.1, 0.15) is 30.0 Å². The third-order valence-corrected chi connectivity index (χ3v) is 3.76. The number of aliphatic hydroxyl groups excluding tert-OH is 1. The largest absolute Gasteiger partial charge is 0.387 e. The summed E-state index contributed by atoms with van der Waals surface area (Å²) in [6.45, 7) is 5.79. The molecule has 0 bridgehead atoms. The molecule has 0 aliphatic rings. The number of halogens is 1. The maximum atomic E-state index is 10.1. The van der Waals surface area contributed by atoms with E-state index < -0.39 is 6.10 Å². The molecule has 108 valence electrons. The number of nitrogens with zero attached hydrogens (tertiary/aromatic N) is 2. The SMILES string of the molecule is CCn1nc(C)c(Cl)c1CNCC(O)c1ccccc1. The number of nitrogens with one attached hydrogen (secondary N) is 1. The molecular formula is C15H20ClN3O. The normalized spacial score (nSPS) is 12.6. The van der Waals surface area contributed by atoms with Crippen molar-refractivity contribution in [2.24, 2.45) is 0 Å². The van der Waals surface area contributed by atoms with Gasteiger partial charge in [-0.05, 0) is 19.4 Å². The zero-order valence-electron chi connectivity index (χ0n) is 11.8. The average Bonchev–Trinajstić information content (AvgIpc) is 2.75. The Morgan fingerprint density at radius 1 is 1.35 bits per heavy atom. The molecule has 4 nitrogen and oxygen atoms in total. The maximum absolute atomic E-state index is 10.1. The van der Waals surface area contributed by atoms with Crippen LogP contribution in [0.2, 0.25) is 5.02 Å². The Kier molecular flexibility index (Phi) is 5.17. The van der Waals surface area contributed by atoms with Crippen LogP contribution in [-0.2, 0) is 13.1 Å². The van der Waals surface area contributed by atoms with Crippen LogP contribution in [0.15, 0.2) is 30.3 Å². The van der Waals surface area contributed by atoms with Gasteiger partial charge in [0.15, 0.2) is 0 Å². The standard InChI is InChI=1S/C15H20ClN3O/c1-3-19-13(15(16)11(2)18-19)9-17-10-14(20)12-7-5-4-6-8-12/h4-8,14,17,20H,3,9-10H2,1-2H3. The molecule has 2 N–H and O–H groups in total. The molecule has 1 heterocycles. The number of aromatic nitrogens is 2. The Hall–Kier alpha value is -1.36. The first-order valence-electron chi connectivity index (χ1n) is 6.79. The lowest BCUT2D eigenvalue weighted by Gasteiger charge is -2.13. The van der Waals surface area contributed by atoms with Gasteiger partial charge in [-0.15, -0.1) is 0 Å². The molecule has 1 aromatic carbocycles. The van der Waals surface area contributed by atoms with E-state index in [1.165, 1.54) is 0 Å². The van der Waals surface area contributed by atoms with E-state index in [1.807, 2.05) is 48.9 Å². The molecule has 1 aromatic heterocycles. The van der Waals surface area contributed by atoms with Gasteiger partial charge in [-0.1, -0.05) is 41.9 Å². The van der Waals surface area contributed by atoms with E-state index in [-0.39, 0.29) is 0 Å². The number of rotatable bonds is 6. The zero-order valence-corrected chi connectivity index (χ0v) is 12.6. The van der Waals surface area contributed by atoms with Gasteiger partial charge in [0.25, 0.3) is 0 Å². The highest BCUT2D eigenvalue weighted by atomic mass is 35.5. The van der Waals surface area contributed by atoms with Crippen LogP contribution in [0, 0.1) is 6.92 Å². The summed E-state index contributed by atoms with van der Waals surface area (Å²) in [5.74, 6) is 0. The highest BCUT2D eigenvalue weighted by Crippen LogP contribution is 2.20. The van der Waals surface area contributed by atoms with Crippen molar-refractivity contribution >= 4 is 11.6 Å². The topological polar surface area (TPSA) is 50.1 Å². The summed E-state index contributed by atoms with van der Waals surface area (Å²) in [7, 11) is 0. The van der Waals surface area contributed by atoms with Crippen LogP contribution in [-0.4, -0.2) is 21.4 Å². The maximum Gasteiger partial charge on any atom is 0.0914 e. The highest BCUT2D eigenvalue weighted by Gasteiger charge is 2.13. The van der Waals surface area contributed by atoms with E-state index in [2.05, 4.69) is 10.4 Å². The molecule has 0 fully saturated rings. The third-order valence-electron chi connectivity index (χ3n) is 3.27.